The van der Waals surface area contributed by atoms with Crippen LogP contribution >= 0.6 is 11.6 Å². The molecule has 0 aromatic carbocycles. The molecule has 0 spiro atoms. The van der Waals surface area contributed by atoms with Gasteiger partial charge < -0.3 is 20.3 Å². The second-order valence-corrected chi connectivity index (χ2v) is 6.13. The molecule has 1 saturated carbocycles. The summed E-state index contributed by atoms with van der Waals surface area (Å²) in [5, 5.41) is 15.2. The van der Waals surface area contributed by atoms with Gasteiger partial charge in [-0.15, -0.1) is 0 Å². The Kier molecular flexibility index (Phi) is 4.68. The van der Waals surface area contributed by atoms with Gasteiger partial charge in [-0.1, -0.05) is 11.6 Å². The van der Waals surface area contributed by atoms with Crippen molar-refractivity contribution < 1.29 is 9.90 Å². The van der Waals surface area contributed by atoms with Crippen molar-refractivity contribution >= 4 is 34.4 Å². The summed E-state index contributed by atoms with van der Waals surface area (Å²) in [7, 11) is 1.67. The minimum Gasteiger partial charge on any atom is -0.395 e. The standard InChI is InChI=1S/C15H20ClN5O2/c1-17-15(23)9-2-3-10(6-9)21-8-19-13-11(18-4-5-22)7-12(16)20-14(13)21/h7-10,22H,2-6H2,1H3,(H,17,23)(H,18,20)/t9-,10?/m1/s1. The Morgan fingerprint density at radius 1 is 1.52 bits per heavy atom. The van der Waals surface area contributed by atoms with E-state index in [1.807, 2.05) is 4.57 Å². The minimum atomic E-state index is 0.0264. The Labute approximate surface area is 139 Å². The summed E-state index contributed by atoms with van der Waals surface area (Å²) in [6.45, 7) is 0.447. The van der Waals surface area contributed by atoms with Crippen LogP contribution in [-0.4, -0.2) is 45.7 Å². The van der Waals surface area contributed by atoms with Crippen molar-refractivity contribution in [1.29, 1.82) is 0 Å². The smallest absolute Gasteiger partial charge is 0.222 e. The van der Waals surface area contributed by atoms with Crippen LogP contribution in [0.3, 0.4) is 0 Å². The molecule has 0 radical (unpaired) electrons. The Balaban J connectivity index is 1.91. The molecule has 2 aromatic heterocycles. The molecule has 0 aliphatic heterocycles. The van der Waals surface area contributed by atoms with Crippen molar-refractivity contribution in [2.45, 2.75) is 25.3 Å². The summed E-state index contributed by atoms with van der Waals surface area (Å²) in [5.41, 5.74) is 2.19. The Morgan fingerprint density at radius 2 is 2.35 bits per heavy atom. The van der Waals surface area contributed by atoms with Crippen LogP contribution in [0.1, 0.15) is 25.3 Å². The second kappa shape index (κ2) is 6.72. The third-order valence-corrected chi connectivity index (χ3v) is 4.54. The first-order chi connectivity index (χ1) is 11.1. The number of hydrogen-bond acceptors (Lipinski definition) is 5. The normalized spacial score (nSPS) is 20.8. The van der Waals surface area contributed by atoms with Crippen LogP contribution in [-0.2, 0) is 4.79 Å². The third-order valence-electron chi connectivity index (χ3n) is 4.34. The molecular formula is C15H20ClN5O2. The van der Waals surface area contributed by atoms with Crippen molar-refractivity contribution in [1.82, 2.24) is 19.9 Å². The molecule has 2 heterocycles. The van der Waals surface area contributed by atoms with Gasteiger partial charge in [0.25, 0.3) is 0 Å². The first-order valence-electron chi connectivity index (χ1n) is 7.73. The van der Waals surface area contributed by atoms with Gasteiger partial charge in [0, 0.05) is 31.6 Å². The highest BCUT2D eigenvalue weighted by Gasteiger charge is 2.31. The number of aliphatic hydroxyl groups excluding tert-OH is 1. The van der Waals surface area contributed by atoms with E-state index < -0.39 is 0 Å². The molecule has 2 atom stereocenters. The van der Waals surface area contributed by atoms with E-state index >= 15 is 0 Å². The number of nitrogens with one attached hydrogen (secondary N) is 2. The molecule has 124 valence electrons. The second-order valence-electron chi connectivity index (χ2n) is 5.75. The van der Waals surface area contributed by atoms with E-state index in [-0.39, 0.29) is 24.5 Å². The van der Waals surface area contributed by atoms with Gasteiger partial charge in [-0.25, -0.2) is 9.97 Å². The van der Waals surface area contributed by atoms with Crippen LogP contribution in [0, 0.1) is 5.92 Å². The quantitative estimate of drug-likeness (QED) is 0.720. The summed E-state index contributed by atoms with van der Waals surface area (Å²) < 4.78 is 2.01. The topological polar surface area (TPSA) is 92.1 Å². The summed E-state index contributed by atoms with van der Waals surface area (Å²) in [6, 6.07) is 1.90. The zero-order valence-corrected chi connectivity index (χ0v) is 13.7. The van der Waals surface area contributed by atoms with Crippen LogP contribution in [0.25, 0.3) is 11.2 Å². The summed E-state index contributed by atoms with van der Waals surface area (Å²) >= 11 is 6.12. The molecule has 1 amide bonds. The summed E-state index contributed by atoms with van der Waals surface area (Å²) in [5.74, 6) is 0.127. The van der Waals surface area contributed by atoms with E-state index in [0.717, 1.165) is 30.5 Å². The van der Waals surface area contributed by atoms with Crippen LogP contribution in [0.5, 0.6) is 0 Å². The van der Waals surface area contributed by atoms with Crippen LogP contribution in [0.15, 0.2) is 12.4 Å². The zero-order chi connectivity index (χ0) is 16.4. The molecule has 7 nitrogen and oxygen atoms in total. The monoisotopic (exact) mass is 337 g/mol. The average molecular weight is 338 g/mol. The number of imidazole rings is 1. The highest BCUT2D eigenvalue weighted by molar-refractivity contribution is 6.30. The number of anilines is 1. The molecule has 1 fully saturated rings. The lowest BCUT2D eigenvalue weighted by atomic mass is 10.1. The van der Waals surface area contributed by atoms with Gasteiger partial charge in [-0.3, -0.25) is 4.79 Å². The number of amides is 1. The number of pyridine rings is 1. The molecule has 3 rings (SSSR count). The number of hydrogen-bond donors (Lipinski definition) is 3. The van der Waals surface area contributed by atoms with E-state index in [2.05, 4.69) is 20.6 Å². The van der Waals surface area contributed by atoms with Gasteiger partial charge in [0.2, 0.25) is 5.91 Å². The fourth-order valence-electron chi connectivity index (χ4n) is 3.22. The number of nitrogens with zero attached hydrogens (tertiary/aromatic N) is 3. The molecule has 8 heteroatoms. The van der Waals surface area contributed by atoms with Crippen LogP contribution < -0.4 is 10.6 Å². The molecule has 1 unspecified atom stereocenters. The van der Waals surface area contributed by atoms with Gasteiger partial charge in [-0.05, 0) is 19.3 Å². The van der Waals surface area contributed by atoms with Gasteiger partial charge in [0.1, 0.15) is 10.7 Å². The average Bonchev–Trinajstić information content (AvgIpc) is 3.18. The van der Waals surface area contributed by atoms with Gasteiger partial charge in [-0.2, -0.15) is 0 Å². The molecule has 0 bridgehead atoms. The lowest BCUT2D eigenvalue weighted by molar-refractivity contribution is -0.124. The predicted octanol–water partition coefficient (Wildman–Crippen LogP) is 1.58. The molecule has 23 heavy (non-hydrogen) atoms. The number of fused-ring (bicyclic) bond motifs is 1. The molecule has 3 N–H and O–H groups in total. The van der Waals surface area contributed by atoms with Gasteiger partial charge >= 0.3 is 0 Å². The molecule has 2 aromatic rings. The Hall–Kier alpha value is -1.86. The minimum absolute atomic E-state index is 0.0264. The molecule has 0 saturated heterocycles. The van der Waals surface area contributed by atoms with Crippen LogP contribution in [0.2, 0.25) is 5.15 Å². The maximum absolute atomic E-state index is 11.8. The SMILES string of the molecule is CNC(=O)[C@@H]1CCC(n2cnc3c(NCCO)cc(Cl)nc32)C1. The number of carbonyl (C=O) groups excluding carboxylic acids is 1. The maximum Gasteiger partial charge on any atom is 0.222 e. The van der Waals surface area contributed by atoms with E-state index in [0.29, 0.717) is 17.3 Å². The lowest BCUT2D eigenvalue weighted by Crippen LogP contribution is -2.25. The number of carbonyl (C=O) groups is 1. The first-order valence-corrected chi connectivity index (χ1v) is 8.11. The van der Waals surface area contributed by atoms with Crippen molar-refractivity contribution in [3.8, 4) is 0 Å². The fraction of sp³-hybridized carbons (Fsp3) is 0.533. The van der Waals surface area contributed by atoms with E-state index in [4.69, 9.17) is 16.7 Å². The molecule has 1 aliphatic rings. The van der Waals surface area contributed by atoms with E-state index in [1.54, 1.807) is 19.4 Å². The summed E-state index contributed by atoms with van der Waals surface area (Å²) in [4.78, 5) is 20.7. The van der Waals surface area contributed by atoms with Crippen molar-refractivity contribution in [2.75, 3.05) is 25.5 Å². The van der Waals surface area contributed by atoms with Gasteiger partial charge in [0.15, 0.2) is 5.65 Å². The number of rotatable bonds is 5. The Bertz CT molecular complexity index is 717. The molecule has 1 aliphatic carbocycles. The van der Waals surface area contributed by atoms with Crippen molar-refractivity contribution in [3.63, 3.8) is 0 Å². The highest BCUT2D eigenvalue weighted by atomic mass is 35.5. The van der Waals surface area contributed by atoms with E-state index in [1.165, 1.54) is 0 Å². The third kappa shape index (κ3) is 3.11. The van der Waals surface area contributed by atoms with Crippen molar-refractivity contribution in [3.05, 3.63) is 17.5 Å². The number of aromatic nitrogens is 3. The zero-order valence-electron chi connectivity index (χ0n) is 12.9. The Morgan fingerprint density at radius 3 is 3.09 bits per heavy atom. The fourth-order valence-corrected chi connectivity index (χ4v) is 3.41. The molecular weight excluding hydrogens is 318 g/mol. The number of aliphatic hydroxyl groups is 1. The number of halogens is 1. The van der Waals surface area contributed by atoms with Crippen molar-refractivity contribution in [2.24, 2.45) is 5.92 Å². The first kappa shape index (κ1) is 16.0. The van der Waals surface area contributed by atoms with E-state index in [9.17, 15) is 4.79 Å². The highest BCUT2D eigenvalue weighted by Crippen LogP contribution is 2.37. The largest absolute Gasteiger partial charge is 0.395 e. The predicted molar refractivity (Wildman–Crippen MR) is 88.6 cm³/mol. The van der Waals surface area contributed by atoms with Crippen LogP contribution in [0.4, 0.5) is 5.69 Å². The lowest BCUT2D eigenvalue weighted by Gasteiger charge is -2.13. The van der Waals surface area contributed by atoms with Gasteiger partial charge in [0.05, 0.1) is 18.6 Å². The maximum atomic E-state index is 11.8. The summed E-state index contributed by atoms with van der Waals surface area (Å²) in [6.07, 6.45) is 4.31.